The van der Waals surface area contributed by atoms with E-state index in [1.807, 2.05) is 0 Å². The zero-order chi connectivity index (χ0) is 24.2. The molecule has 0 atom stereocenters. The Kier molecular flexibility index (Phi) is 7.51. The van der Waals surface area contributed by atoms with Crippen molar-refractivity contribution in [1.29, 1.82) is 0 Å². The molecule has 0 spiro atoms. The quantitative estimate of drug-likeness (QED) is 0.238. The van der Waals surface area contributed by atoms with E-state index in [1.165, 1.54) is 41.1 Å². The van der Waals surface area contributed by atoms with Gasteiger partial charge in [0.25, 0.3) is 0 Å². The first-order valence-electron chi connectivity index (χ1n) is 11.2. The number of quaternary nitrogens is 2. The smallest absolute Gasteiger partial charge is 0.479 e. The molecule has 0 unspecified atom stereocenters. The summed E-state index contributed by atoms with van der Waals surface area (Å²) in [4.78, 5) is 0. The van der Waals surface area contributed by atoms with E-state index in [-0.39, 0.29) is 0 Å². The lowest BCUT2D eigenvalue weighted by Gasteiger charge is -2.42. The van der Waals surface area contributed by atoms with Gasteiger partial charge in [-0.15, -0.1) is 0 Å². The van der Waals surface area contributed by atoms with Gasteiger partial charge in [-0.05, 0) is 77.2 Å². The van der Waals surface area contributed by atoms with Crippen LogP contribution in [0.5, 0.6) is 0 Å². The van der Waals surface area contributed by atoms with Crippen LogP contribution < -0.4 is 0 Å². The number of rotatable bonds is 8. The molecule has 0 radical (unpaired) electrons. The highest BCUT2D eigenvalue weighted by atomic mass is 127. The summed E-state index contributed by atoms with van der Waals surface area (Å²) in [5.74, 6) is 0. The highest BCUT2D eigenvalue weighted by Gasteiger charge is 2.56. The molecule has 9 heteroatoms. The number of fused-ring (bicyclic) bond motifs is 2. The summed E-state index contributed by atoms with van der Waals surface area (Å²) >= 11 is 4.94. The minimum Gasteiger partial charge on any atom is -0.479 e. The van der Waals surface area contributed by atoms with Gasteiger partial charge in [0.05, 0.1) is 72.2 Å². The standard InChI is InChI=1S/C23H39BI2N4O2/c1-16-20-15-21-17(2)23(26)19(4)28(21)24(27(20)18(3)22(16)25,31-13-11-29(5,6)7)32-14-12-30(8,9)10/h15H,11-14H2,1-10H3/q+2. The fraction of sp³-hybridized carbons (Fsp3) is 0.609. The fourth-order valence-corrected chi connectivity index (χ4v) is 5.52. The van der Waals surface area contributed by atoms with Gasteiger partial charge in [0.15, 0.2) is 5.70 Å². The first kappa shape index (κ1) is 26.4. The molecule has 0 N–H and O–H groups in total. The van der Waals surface area contributed by atoms with Gasteiger partial charge in [-0.2, -0.15) is 0 Å². The maximum atomic E-state index is 6.93. The van der Waals surface area contributed by atoms with E-state index >= 15 is 0 Å². The Balaban J connectivity index is 2.22. The molecule has 3 heterocycles. The molecule has 32 heavy (non-hydrogen) atoms. The molecular formula is C23H39BI2N4O2+2. The van der Waals surface area contributed by atoms with Gasteiger partial charge in [0, 0.05) is 27.8 Å². The van der Waals surface area contributed by atoms with Gasteiger partial charge in [0.2, 0.25) is 0 Å². The van der Waals surface area contributed by atoms with Crippen LogP contribution in [0.2, 0.25) is 0 Å². The SMILES string of the molecule is CC1=C(I)C(C)=[N+]2C1=Cc1c(C)c(I)c(C)n1[B-]2(OCC[N+](C)(C)C)OCC[N+](C)(C)C. The first-order chi connectivity index (χ1) is 14.6. The van der Waals surface area contributed by atoms with Gasteiger partial charge in [-0.1, -0.05) is 0 Å². The molecule has 0 amide bonds. The van der Waals surface area contributed by atoms with Crippen LogP contribution in [0.25, 0.3) is 6.08 Å². The summed E-state index contributed by atoms with van der Waals surface area (Å²) in [7, 11) is 13.2. The largest absolute Gasteiger partial charge is 0.666 e. The molecule has 0 aliphatic carbocycles. The molecule has 2 aliphatic rings. The minimum absolute atomic E-state index is 0.618. The first-order valence-corrected chi connectivity index (χ1v) is 13.4. The van der Waals surface area contributed by atoms with Crippen molar-refractivity contribution in [3.8, 4) is 0 Å². The average Bonchev–Trinajstić information content (AvgIpc) is 3.01. The molecule has 1 aromatic heterocycles. The Morgan fingerprint density at radius 3 is 1.88 bits per heavy atom. The average molecular weight is 668 g/mol. The summed E-state index contributed by atoms with van der Waals surface area (Å²) in [6, 6.07) is 0. The van der Waals surface area contributed by atoms with Crippen LogP contribution in [0.15, 0.2) is 14.8 Å². The maximum Gasteiger partial charge on any atom is 0.666 e. The molecule has 0 saturated carbocycles. The Morgan fingerprint density at radius 2 is 1.41 bits per heavy atom. The van der Waals surface area contributed by atoms with Gasteiger partial charge < -0.3 is 27.2 Å². The van der Waals surface area contributed by atoms with Crippen LogP contribution >= 0.6 is 45.2 Å². The molecule has 0 bridgehead atoms. The van der Waals surface area contributed by atoms with Crippen LogP contribution in [0.3, 0.4) is 0 Å². The third kappa shape index (κ3) is 4.79. The number of hydrogen-bond donors (Lipinski definition) is 0. The number of allylic oxidation sites excluding steroid dienone is 2. The van der Waals surface area contributed by atoms with Crippen molar-refractivity contribution in [2.75, 3.05) is 68.6 Å². The van der Waals surface area contributed by atoms with E-state index in [0.717, 1.165) is 22.1 Å². The van der Waals surface area contributed by atoms with Crippen molar-refractivity contribution in [1.82, 2.24) is 4.48 Å². The van der Waals surface area contributed by atoms with Crippen LogP contribution in [-0.2, 0) is 9.31 Å². The number of likely N-dealkylation sites (N-methyl/N-ethyl adjacent to an activating group) is 2. The summed E-state index contributed by atoms with van der Waals surface area (Å²) < 4.78 is 22.8. The van der Waals surface area contributed by atoms with Crippen molar-refractivity contribution in [2.24, 2.45) is 0 Å². The molecule has 0 aromatic carbocycles. The third-order valence-electron chi connectivity index (χ3n) is 6.42. The molecule has 0 fully saturated rings. The van der Waals surface area contributed by atoms with Crippen LogP contribution in [0.1, 0.15) is 30.8 Å². The topological polar surface area (TPSA) is 26.4 Å². The maximum absolute atomic E-state index is 6.93. The number of hydrogen-bond acceptors (Lipinski definition) is 2. The van der Waals surface area contributed by atoms with E-state index in [0.29, 0.717) is 13.2 Å². The van der Waals surface area contributed by atoms with Gasteiger partial charge in [-0.25, -0.2) is 0 Å². The highest BCUT2D eigenvalue weighted by molar-refractivity contribution is 14.1. The van der Waals surface area contributed by atoms with E-state index in [9.17, 15) is 0 Å². The Labute approximate surface area is 221 Å². The number of halogens is 2. The Morgan fingerprint density at radius 1 is 0.906 bits per heavy atom. The molecular weight excluding hydrogens is 629 g/mol. The van der Waals surface area contributed by atoms with Gasteiger partial charge in [0.1, 0.15) is 5.71 Å². The van der Waals surface area contributed by atoms with Crippen LogP contribution in [0, 0.1) is 17.4 Å². The van der Waals surface area contributed by atoms with E-state index in [1.54, 1.807) is 0 Å². The van der Waals surface area contributed by atoms with E-state index in [4.69, 9.17) is 9.31 Å². The predicted molar refractivity (Wildman–Crippen MR) is 151 cm³/mol. The van der Waals surface area contributed by atoms with E-state index < -0.39 is 6.82 Å². The molecule has 3 rings (SSSR count). The van der Waals surface area contributed by atoms with Crippen LogP contribution in [-0.4, -0.2) is 99.1 Å². The van der Waals surface area contributed by atoms with Gasteiger partial charge >= 0.3 is 6.82 Å². The highest BCUT2D eigenvalue weighted by Crippen LogP contribution is 2.41. The Hall–Kier alpha value is -0.205. The second kappa shape index (κ2) is 9.11. The fourth-order valence-electron chi connectivity index (χ4n) is 4.45. The summed E-state index contributed by atoms with van der Waals surface area (Å²) in [5.41, 5.74) is 7.39. The summed E-state index contributed by atoms with van der Waals surface area (Å²) in [6.45, 7) is 9.90. The predicted octanol–water partition coefficient (Wildman–Crippen LogP) is 3.99. The minimum atomic E-state index is -1.95. The van der Waals surface area contributed by atoms with Crippen molar-refractivity contribution in [2.45, 2.75) is 27.7 Å². The van der Waals surface area contributed by atoms with Crippen molar-refractivity contribution in [3.63, 3.8) is 0 Å². The lowest BCUT2D eigenvalue weighted by molar-refractivity contribution is -0.871. The monoisotopic (exact) mass is 668 g/mol. The normalized spacial score (nSPS) is 18.3. The molecule has 6 nitrogen and oxygen atoms in total. The summed E-state index contributed by atoms with van der Waals surface area (Å²) in [5, 5.41) is 0. The number of nitrogens with zero attached hydrogens (tertiary/aromatic N) is 4. The molecule has 1 aromatic rings. The molecule has 2 aliphatic heterocycles. The van der Waals surface area contributed by atoms with Crippen molar-refractivity contribution >= 4 is 63.8 Å². The second-order valence-corrected chi connectivity index (χ2v) is 13.3. The van der Waals surface area contributed by atoms with Crippen molar-refractivity contribution in [3.05, 3.63) is 35.4 Å². The van der Waals surface area contributed by atoms with Gasteiger partial charge in [-0.3, -0.25) is 0 Å². The zero-order valence-electron chi connectivity index (χ0n) is 21.3. The molecule has 0 saturated heterocycles. The summed E-state index contributed by atoms with van der Waals surface area (Å²) in [6.07, 6.45) is 2.32. The lowest BCUT2D eigenvalue weighted by Crippen LogP contribution is -2.64. The third-order valence-corrected chi connectivity index (χ3v) is 9.60. The van der Waals surface area contributed by atoms with Crippen molar-refractivity contribution < 1.29 is 22.8 Å². The van der Waals surface area contributed by atoms with E-state index in [2.05, 4.69) is 130 Å². The molecule has 178 valence electrons. The number of aromatic nitrogens is 1. The Bertz CT molecular complexity index is 1010. The lowest BCUT2D eigenvalue weighted by atomic mass is 9.81. The van der Waals surface area contributed by atoms with Crippen LogP contribution in [0.4, 0.5) is 0 Å². The zero-order valence-corrected chi connectivity index (χ0v) is 25.7. The second-order valence-electron chi connectivity index (χ2n) is 11.1.